The Morgan fingerprint density at radius 1 is 1.02 bits per heavy atom. The molecule has 2 aromatic carbocycles. The van der Waals surface area contributed by atoms with Crippen molar-refractivity contribution in [3.8, 4) is 16.2 Å². The van der Waals surface area contributed by atoms with E-state index in [0.717, 1.165) is 27.3 Å². The molecule has 1 saturated heterocycles. The number of aliphatic hydroxyl groups excluding tert-OH is 1. The molecule has 59 heavy (non-hydrogen) atoms. The molecule has 3 unspecified atom stereocenters. The molecule has 1 aliphatic rings. The number of rotatable bonds is 17. The number of carbonyl (C=O) groups is 5. The van der Waals surface area contributed by atoms with Crippen LogP contribution in [0, 0.1) is 12.3 Å². The zero-order chi connectivity index (χ0) is 43.7. The van der Waals surface area contributed by atoms with Gasteiger partial charge in [-0.3, -0.25) is 19.2 Å². The first kappa shape index (κ1) is 47.0. The molecule has 0 radical (unpaired) electrons. The second-order valence-electron chi connectivity index (χ2n) is 17.1. The smallest absolute Gasteiger partial charge is 0.407 e. The Balaban J connectivity index is 1.34. The van der Waals surface area contributed by atoms with Gasteiger partial charge in [-0.15, -0.1) is 11.3 Å². The van der Waals surface area contributed by atoms with Gasteiger partial charge >= 0.3 is 6.09 Å². The van der Waals surface area contributed by atoms with Crippen LogP contribution in [0.4, 0.5) is 4.79 Å². The first-order chi connectivity index (χ1) is 27.6. The van der Waals surface area contributed by atoms with Gasteiger partial charge in [0.15, 0.2) is 0 Å². The number of β-amino-alcohol motifs (C(OH)–C–C–N with tert-alkyl or cyclic N) is 1. The summed E-state index contributed by atoms with van der Waals surface area (Å²) in [6.45, 7) is 14.5. The Hall–Kier alpha value is -4.73. The van der Waals surface area contributed by atoms with Crippen LogP contribution in [0.2, 0.25) is 5.02 Å². The van der Waals surface area contributed by atoms with Crippen LogP contribution in [0.3, 0.4) is 0 Å². The minimum Gasteiger partial charge on any atom is -0.490 e. The maximum Gasteiger partial charge on any atom is 0.407 e. The van der Waals surface area contributed by atoms with Crippen LogP contribution < -0.4 is 26.4 Å². The fourth-order valence-corrected chi connectivity index (χ4v) is 7.81. The maximum absolute atomic E-state index is 14.1. The number of hydrogen-bond donors (Lipinski definition) is 5. The quantitative estimate of drug-likeness (QED) is 0.108. The van der Waals surface area contributed by atoms with Crippen molar-refractivity contribution >= 4 is 52.7 Å². The number of benzene rings is 2. The van der Waals surface area contributed by atoms with Crippen molar-refractivity contribution in [2.24, 2.45) is 11.1 Å². The number of aliphatic hydroxyl groups is 1. The standard InChI is InChI=1S/C43H59ClN6O8S/c1-25(27-15-17-29(18-16-27)37-26(2)46-24-59-37)47-39(54)32-21-31(51)22-50(32)40(55)38(42(3,4)5)49-35(53)14-10-12-28-11-9-13-33(36(28)44)57-23-30(19-20-34(45)52)48-41(56)58-43(6,7)8/h9,11,13,15-18,24-25,30-32,38,51H,10,12,14,19-23H2,1-8H3,(H2,45,52)(H,47,54)(H,48,56)(H,49,53)/t25?,30?,31-,32-,38?/m0/s1. The minimum atomic E-state index is -0.965. The molecule has 1 fully saturated rings. The Morgan fingerprint density at radius 2 is 1.71 bits per heavy atom. The summed E-state index contributed by atoms with van der Waals surface area (Å²) in [4.78, 5) is 71.8. The molecule has 1 aromatic heterocycles. The number of nitrogens with zero attached hydrogens (tertiary/aromatic N) is 2. The Bertz CT molecular complexity index is 1940. The molecule has 3 aromatic rings. The normalized spacial score (nSPS) is 17.1. The van der Waals surface area contributed by atoms with Crippen molar-refractivity contribution in [3.05, 3.63) is 69.8 Å². The van der Waals surface area contributed by atoms with Gasteiger partial charge in [-0.05, 0) is 82.1 Å². The van der Waals surface area contributed by atoms with Gasteiger partial charge < -0.3 is 41.2 Å². The number of thiazole rings is 1. The molecule has 5 amide bonds. The van der Waals surface area contributed by atoms with E-state index in [4.69, 9.17) is 26.8 Å². The van der Waals surface area contributed by atoms with E-state index in [0.29, 0.717) is 23.6 Å². The predicted molar refractivity (Wildman–Crippen MR) is 228 cm³/mol. The number of halogens is 1. The van der Waals surface area contributed by atoms with E-state index < -0.39 is 53.2 Å². The van der Waals surface area contributed by atoms with Crippen LogP contribution in [0.25, 0.3) is 10.4 Å². The summed E-state index contributed by atoms with van der Waals surface area (Å²) in [6.07, 6.45) is -0.301. The summed E-state index contributed by atoms with van der Waals surface area (Å²) in [7, 11) is 0. The van der Waals surface area contributed by atoms with Gasteiger partial charge in [-0.2, -0.15) is 0 Å². The van der Waals surface area contributed by atoms with Crippen LogP contribution in [-0.2, 0) is 30.3 Å². The number of ether oxygens (including phenoxy) is 2. The second kappa shape index (κ2) is 20.5. The molecule has 0 saturated carbocycles. The van der Waals surface area contributed by atoms with Crippen molar-refractivity contribution in [2.45, 2.75) is 130 Å². The predicted octanol–water partition coefficient (Wildman–Crippen LogP) is 6.00. The lowest BCUT2D eigenvalue weighted by molar-refractivity contribution is -0.144. The topological polar surface area (TPSA) is 202 Å². The number of nitrogens with one attached hydrogen (secondary N) is 3. The van der Waals surface area contributed by atoms with E-state index in [1.54, 1.807) is 44.2 Å². The van der Waals surface area contributed by atoms with Crippen LogP contribution >= 0.6 is 22.9 Å². The number of aryl methyl sites for hydroxylation is 2. The molecule has 0 spiro atoms. The molecule has 4 rings (SSSR count). The van der Waals surface area contributed by atoms with E-state index >= 15 is 0 Å². The summed E-state index contributed by atoms with van der Waals surface area (Å²) in [6, 6.07) is 10.3. The summed E-state index contributed by atoms with van der Waals surface area (Å²) < 4.78 is 11.3. The number of alkyl carbamates (subject to hydrolysis) is 1. The van der Waals surface area contributed by atoms with E-state index in [1.165, 1.54) is 4.90 Å². The van der Waals surface area contributed by atoms with Crippen molar-refractivity contribution in [1.82, 2.24) is 25.8 Å². The molecule has 2 heterocycles. The Kier molecular flexibility index (Phi) is 16.3. The number of hydrogen-bond acceptors (Lipinski definition) is 10. The molecular weight excluding hydrogens is 796 g/mol. The molecule has 16 heteroatoms. The van der Waals surface area contributed by atoms with Gasteiger partial charge in [-0.1, -0.05) is 68.8 Å². The molecule has 322 valence electrons. The lowest BCUT2D eigenvalue weighted by Gasteiger charge is -2.35. The molecule has 5 atom stereocenters. The maximum atomic E-state index is 14.1. The Morgan fingerprint density at radius 3 is 2.32 bits per heavy atom. The first-order valence-corrected chi connectivity index (χ1v) is 21.2. The van der Waals surface area contributed by atoms with E-state index in [9.17, 15) is 29.1 Å². The fourth-order valence-electron chi connectivity index (χ4n) is 6.73. The van der Waals surface area contributed by atoms with E-state index in [-0.39, 0.29) is 56.7 Å². The van der Waals surface area contributed by atoms with Crippen molar-refractivity contribution in [2.75, 3.05) is 13.2 Å². The monoisotopic (exact) mass is 854 g/mol. The van der Waals surface area contributed by atoms with E-state index in [1.807, 2.05) is 70.5 Å². The average Bonchev–Trinajstić information content (AvgIpc) is 3.76. The number of nitrogens with two attached hydrogens (primary N) is 1. The Labute approximate surface area is 355 Å². The third-order valence-corrected chi connectivity index (χ3v) is 11.3. The molecule has 0 aliphatic carbocycles. The first-order valence-electron chi connectivity index (χ1n) is 19.9. The lowest BCUT2D eigenvalue weighted by atomic mass is 9.85. The number of aromatic nitrogens is 1. The molecule has 1 aliphatic heterocycles. The van der Waals surface area contributed by atoms with E-state index in [2.05, 4.69) is 20.9 Å². The average molecular weight is 855 g/mol. The van der Waals surface area contributed by atoms with Gasteiger partial charge in [0.1, 0.15) is 30.0 Å². The minimum absolute atomic E-state index is 0.00196. The second-order valence-corrected chi connectivity index (χ2v) is 18.4. The molecule has 6 N–H and O–H groups in total. The number of likely N-dealkylation sites (tertiary alicyclic amines) is 1. The number of carbonyl (C=O) groups excluding carboxylic acids is 5. The van der Waals surface area contributed by atoms with Crippen molar-refractivity contribution in [1.29, 1.82) is 0 Å². The van der Waals surface area contributed by atoms with Gasteiger partial charge in [-0.25, -0.2) is 9.78 Å². The van der Waals surface area contributed by atoms with Gasteiger partial charge in [0.05, 0.1) is 39.3 Å². The van der Waals surface area contributed by atoms with Crippen LogP contribution in [0.1, 0.15) is 103 Å². The van der Waals surface area contributed by atoms with Crippen LogP contribution in [0.15, 0.2) is 48.0 Å². The summed E-state index contributed by atoms with van der Waals surface area (Å²) >= 11 is 8.28. The molecular formula is C43H59ClN6O8S. The third kappa shape index (κ3) is 13.9. The van der Waals surface area contributed by atoms with Gasteiger partial charge in [0.2, 0.25) is 23.6 Å². The lowest BCUT2D eigenvalue weighted by Crippen LogP contribution is -2.57. The summed E-state index contributed by atoms with van der Waals surface area (Å²) in [5.74, 6) is -1.33. The summed E-state index contributed by atoms with van der Waals surface area (Å²) in [5, 5.41) is 19.6. The fraction of sp³-hybridized carbons (Fsp3) is 0.535. The zero-order valence-electron chi connectivity index (χ0n) is 35.2. The highest BCUT2D eigenvalue weighted by Gasteiger charge is 2.44. The third-order valence-electron chi connectivity index (χ3n) is 9.85. The molecule has 14 nitrogen and oxygen atoms in total. The molecule has 0 bridgehead atoms. The van der Waals surface area contributed by atoms with Crippen molar-refractivity contribution in [3.63, 3.8) is 0 Å². The van der Waals surface area contributed by atoms with Crippen LogP contribution in [-0.4, -0.2) is 87.7 Å². The highest BCUT2D eigenvalue weighted by atomic mass is 35.5. The SMILES string of the molecule is Cc1ncsc1-c1ccc(C(C)NC(=O)[C@@H]2C[C@H](O)CN2C(=O)C(NC(=O)CCCc2cccc(OCC(CCC(N)=O)NC(=O)OC(C)(C)C)c2Cl)C(C)(C)C)cc1. The van der Waals surface area contributed by atoms with Crippen molar-refractivity contribution < 1.29 is 38.6 Å². The van der Waals surface area contributed by atoms with Gasteiger partial charge in [0.25, 0.3) is 0 Å². The largest absolute Gasteiger partial charge is 0.490 e. The zero-order valence-corrected chi connectivity index (χ0v) is 36.8. The highest BCUT2D eigenvalue weighted by Crippen LogP contribution is 2.31. The number of primary amides is 1. The van der Waals surface area contributed by atoms with Crippen LogP contribution in [0.5, 0.6) is 5.75 Å². The van der Waals surface area contributed by atoms with Gasteiger partial charge in [0, 0.05) is 25.8 Å². The number of amides is 5. The summed E-state index contributed by atoms with van der Waals surface area (Å²) in [5.41, 5.74) is 9.33. The highest BCUT2D eigenvalue weighted by molar-refractivity contribution is 7.13.